The van der Waals surface area contributed by atoms with E-state index in [1.165, 1.54) is 0 Å². The molecule has 17 heavy (non-hydrogen) atoms. The van der Waals surface area contributed by atoms with Crippen molar-refractivity contribution in [2.75, 3.05) is 0 Å². The lowest BCUT2D eigenvalue weighted by molar-refractivity contribution is 0.579. The highest BCUT2D eigenvalue weighted by molar-refractivity contribution is 5.77. The fourth-order valence-corrected chi connectivity index (χ4v) is 1.79. The molecule has 0 unspecified atom stereocenters. The zero-order valence-electron chi connectivity index (χ0n) is 9.00. The van der Waals surface area contributed by atoms with Gasteiger partial charge < -0.3 is 14.7 Å². The van der Waals surface area contributed by atoms with E-state index in [9.17, 15) is 0 Å². The highest BCUT2D eigenvalue weighted by Gasteiger charge is 2.10. The Hall–Kier alpha value is -2.50. The standard InChI is InChI=1S/C11H11N5O/c12-10(13)7-15-3-4-16-11(15)6-8(14-16)9-2-1-5-17-9/h1-6H,7H2,(H3,12,13). The average Bonchev–Trinajstić information content (AvgIpc) is 2.93. The zero-order valence-corrected chi connectivity index (χ0v) is 9.00. The molecule has 86 valence electrons. The van der Waals surface area contributed by atoms with Crippen LogP contribution in [0.15, 0.2) is 41.3 Å². The van der Waals surface area contributed by atoms with Crippen LogP contribution in [-0.2, 0) is 6.54 Å². The minimum absolute atomic E-state index is 0.115. The monoisotopic (exact) mass is 229 g/mol. The van der Waals surface area contributed by atoms with Crippen LogP contribution in [0.3, 0.4) is 0 Å². The number of hydrogen-bond acceptors (Lipinski definition) is 3. The number of nitrogens with zero attached hydrogens (tertiary/aromatic N) is 3. The first-order chi connectivity index (χ1) is 8.24. The Morgan fingerprint density at radius 3 is 3.06 bits per heavy atom. The van der Waals surface area contributed by atoms with Gasteiger partial charge in [-0.2, -0.15) is 5.10 Å². The van der Waals surface area contributed by atoms with Crippen molar-refractivity contribution in [2.24, 2.45) is 5.73 Å². The SMILES string of the molecule is N=C(N)Cn1ccn2nc(-c3ccco3)cc12. The third-order valence-electron chi connectivity index (χ3n) is 2.51. The number of amidine groups is 1. The molecule has 0 aliphatic heterocycles. The van der Waals surface area contributed by atoms with Crippen LogP contribution in [0.2, 0.25) is 0 Å². The van der Waals surface area contributed by atoms with E-state index in [4.69, 9.17) is 15.6 Å². The van der Waals surface area contributed by atoms with Gasteiger partial charge in [-0.3, -0.25) is 5.41 Å². The molecule has 0 fully saturated rings. The van der Waals surface area contributed by atoms with Crippen LogP contribution >= 0.6 is 0 Å². The van der Waals surface area contributed by atoms with Gasteiger partial charge in [0.1, 0.15) is 17.2 Å². The number of rotatable bonds is 3. The number of aromatic nitrogens is 3. The Bertz CT molecular complexity index is 661. The van der Waals surface area contributed by atoms with Crippen molar-refractivity contribution in [1.29, 1.82) is 5.41 Å². The van der Waals surface area contributed by atoms with Crippen molar-refractivity contribution in [3.05, 3.63) is 36.9 Å². The molecule has 3 aromatic rings. The highest BCUT2D eigenvalue weighted by atomic mass is 16.3. The zero-order chi connectivity index (χ0) is 11.8. The lowest BCUT2D eigenvalue weighted by atomic mass is 10.3. The number of nitrogens with one attached hydrogen (secondary N) is 1. The van der Waals surface area contributed by atoms with Crippen molar-refractivity contribution >= 4 is 11.5 Å². The van der Waals surface area contributed by atoms with Crippen LogP contribution in [0.4, 0.5) is 0 Å². The molecule has 0 spiro atoms. The molecular weight excluding hydrogens is 218 g/mol. The summed E-state index contributed by atoms with van der Waals surface area (Å²) in [4.78, 5) is 0. The van der Waals surface area contributed by atoms with Crippen molar-refractivity contribution in [2.45, 2.75) is 6.54 Å². The van der Waals surface area contributed by atoms with Gasteiger partial charge in [0.15, 0.2) is 5.76 Å². The molecule has 6 heteroatoms. The van der Waals surface area contributed by atoms with Crippen LogP contribution in [0.25, 0.3) is 17.1 Å². The van der Waals surface area contributed by atoms with Crippen molar-refractivity contribution in [1.82, 2.24) is 14.2 Å². The summed E-state index contributed by atoms with van der Waals surface area (Å²) in [6.45, 7) is 0.361. The van der Waals surface area contributed by atoms with Gasteiger partial charge in [-0.1, -0.05) is 0 Å². The molecule has 6 nitrogen and oxygen atoms in total. The lowest BCUT2D eigenvalue weighted by Crippen LogP contribution is -2.17. The Kier molecular flexibility index (Phi) is 2.01. The normalized spacial score (nSPS) is 11.1. The van der Waals surface area contributed by atoms with Crippen molar-refractivity contribution in [3.8, 4) is 11.5 Å². The van der Waals surface area contributed by atoms with Crippen LogP contribution in [0, 0.1) is 5.41 Å². The number of furan rings is 1. The maximum Gasteiger partial charge on any atom is 0.154 e. The third-order valence-corrected chi connectivity index (χ3v) is 2.51. The predicted octanol–water partition coefficient (Wildman–Crippen LogP) is 1.33. The summed E-state index contributed by atoms with van der Waals surface area (Å²) in [5, 5.41) is 11.7. The Morgan fingerprint density at radius 2 is 2.35 bits per heavy atom. The largest absolute Gasteiger partial charge is 0.463 e. The summed E-state index contributed by atoms with van der Waals surface area (Å²) in [6.07, 6.45) is 5.28. The number of imidazole rings is 1. The molecule has 0 aromatic carbocycles. The molecule has 0 bridgehead atoms. The molecule has 3 N–H and O–H groups in total. The van der Waals surface area contributed by atoms with Gasteiger partial charge in [-0.05, 0) is 12.1 Å². The van der Waals surface area contributed by atoms with Gasteiger partial charge in [0.05, 0.1) is 12.8 Å². The predicted molar refractivity (Wildman–Crippen MR) is 62.8 cm³/mol. The molecule has 0 aliphatic carbocycles. The van der Waals surface area contributed by atoms with E-state index in [1.54, 1.807) is 10.8 Å². The second kappa shape index (κ2) is 3.51. The van der Waals surface area contributed by atoms with Gasteiger partial charge in [0, 0.05) is 18.5 Å². The van der Waals surface area contributed by atoms with Gasteiger partial charge >= 0.3 is 0 Å². The summed E-state index contributed by atoms with van der Waals surface area (Å²) in [6, 6.07) is 5.59. The molecular formula is C11H11N5O. The minimum atomic E-state index is 0.115. The van der Waals surface area contributed by atoms with Crippen LogP contribution in [-0.4, -0.2) is 20.0 Å². The molecule has 0 aliphatic rings. The van der Waals surface area contributed by atoms with E-state index in [0.717, 1.165) is 17.1 Å². The van der Waals surface area contributed by atoms with E-state index >= 15 is 0 Å². The highest BCUT2D eigenvalue weighted by Crippen LogP contribution is 2.20. The maximum atomic E-state index is 7.30. The van der Waals surface area contributed by atoms with Gasteiger partial charge in [-0.25, -0.2) is 4.52 Å². The van der Waals surface area contributed by atoms with Crippen LogP contribution in [0.1, 0.15) is 0 Å². The van der Waals surface area contributed by atoms with E-state index in [0.29, 0.717) is 6.54 Å². The van der Waals surface area contributed by atoms with Crippen molar-refractivity contribution < 1.29 is 4.42 Å². The molecule has 0 atom stereocenters. The average molecular weight is 229 g/mol. The van der Waals surface area contributed by atoms with Gasteiger partial charge in [0.25, 0.3) is 0 Å². The topological polar surface area (TPSA) is 85.2 Å². The van der Waals surface area contributed by atoms with E-state index in [2.05, 4.69) is 5.10 Å². The first-order valence-corrected chi connectivity index (χ1v) is 5.15. The Labute approximate surface area is 96.8 Å². The summed E-state index contributed by atoms with van der Waals surface area (Å²) in [5.74, 6) is 0.840. The molecule has 0 radical (unpaired) electrons. The summed E-state index contributed by atoms with van der Waals surface area (Å²) in [7, 11) is 0. The summed E-state index contributed by atoms with van der Waals surface area (Å²) >= 11 is 0. The minimum Gasteiger partial charge on any atom is -0.463 e. The molecule has 0 saturated carbocycles. The quantitative estimate of drug-likeness (QED) is 0.524. The smallest absolute Gasteiger partial charge is 0.154 e. The van der Waals surface area contributed by atoms with Gasteiger partial charge in [-0.15, -0.1) is 0 Å². The van der Waals surface area contributed by atoms with Gasteiger partial charge in [0.2, 0.25) is 0 Å². The Balaban J connectivity index is 2.08. The van der Waals surface area contributed by atoms with Crippen LogP contribution in [0.5, 0.6) is 0 Å². The molecule has 3 rings (SSSR count). The molecule has 0 saturated heterocycles. The number of nitrogens with two attached hydrogens (primary N) is 1. The number of hydrogen-bond donors (Lipinski definition) is 2. The first kappa shape index (κ1) is 9.71. The molecule has 0 amide bonds. The fourth-order valence-electron chi connectivity index (χ4n) is 1.79. The Morgan fingerprint density at radius 1 is 1.47 bits per heavy atom. The molecule has 3 aromatic heterocycles. The summed E-state index contributed by atoms with van der Waals surface area (Å²) < 4.78 is 8.89. The second-order valence-corrected chi connectivity index (χ2v) is 3.76. The van der Waals surface area contributed by atoms with Crippen LogP contribution < -0.4 is 5.73 Å². The number of fused-ring (bicyclic) bond motifs is 1. The maximum absolute atomic E-state index is 7.30. The third kappa shape index (κ3) is 1.59. The lowest BCUT2D eigenvalue weighted by Gasteiger charge is -1.99. The molecule has 3 heterocycles. The van der Waals surface area contributed by atoms with Crippen molar-refractivity contribution in [3.63, 3.8) is 0 Å². The fraction of sp³-hybridized carbons (Fsp3) is 0.0909. The first-order valence-electron chi connectivity index (χ1n) is 5.15. The van der Waals surface area contributed by atoms with E-state index in [1.807, 2.05) is 35.2 Å². The summed E-state index contributed by atoms with van der Waals surface area (Å²) in [5.41, 5.74) is 7.04. The van der Waals surface area contributed by atoms with E-state index < -0.39 is 0 Å². The van der Waals surface area contributed by atoms with E-state index in [-0.39, 0.29) is 5.84 Å². The second-order valence-electron chi connectivity index (χ2n) is 3.76.